The van der Waals surface area contributed by atoms with E-state index in [1.807, 2.05) is 0 Å². The van der Waals surface area contributed by atoms with Gasteiger partial charge in [-0.15, -0.1) is 0 Å². The zero-order valence-corrected chi connectivity index (χ0v) is 11.0. The summed E-state index contributed by atoms with van der Waals surface area (Å²) in [5.74, 6) is 0.0176. The fraction of sp³-hybridized carbons (Fsp3) is 0.900. The average Bonchev–Trinajstić information content (AvgIpc) is 2.28. The molecule has 6 nitrogen and oxygen atoms in total. The minimum Gasteiger partial charge on any atom is -0.355 e. The van der Waals surface area contributed by atoms with Gasteiger partial charge in [0.1, 0.15) is 0 Å². The summed E-state index contributed by atoms with van der Waals surface area (Å²) in [5, 5.41) is 5.96. The number of carbonyl (C=O) groups excluding carboxylic acids is 1. The molecule has 1 amide bonds. The van der Waals surface area contributed by atoms with Crippen LogP contribution >= 0.6 is 0 Å². The summed E-state index contributed by atoms with van der Waals surface area (Å²) in [7, 11) is -3.12. The number of hydrogen-bond donors (Lipinski definition) is 3. The molecule has 0 aromatic carbocycles. The van der Waals surface area contributed by atoms with Crippen molar-refractivity contribution < 1.29 is 13.2 Å². The number of nitrogens with one attached hydrogen (secondary N) is 3. The van der Waals surface area contributed by atoms with Crippen LogP contribution < -0.4 is 15.4 Å². The Bertz CT molecular complexity index is 337. The molecule has 0 aromatic heterocycles. The molecule has 7 heteroatoms. The highest BCUT2D eigenvalue weighted by atomic mass is 32.2. The Kier molecular flexibility index (Phi) is 5.87. The van der Waals surface area contributed by atoms with Gasteiger partial charge in [-0.1, -0.05) is 6.42 Å². The van der Waals surface area contributed by atoms with Crippen molar-refractivity contribution in [3.8, 4) is 0 Å². The second kappa shape index (κ2) is 6.93. The summed E-state index contributed by atoms with van der Waals surface area (Å²) < 4.78 is 23.9. The molecule has 0 unspecified atom stereocenters. The Balaban J connectivity index is 2.07. The van der Waals surface area contributed by atoms with Crippen molar-refractivity contribution >= 4 is 15.9 Å². The quantitative estimate of drug-likeness (QED) is 0.547. The van der Waals surface area contributed by atoms with E-state index < -0.39 is 10.0 Å². The highest BCUT2D eigenvalue weighted by Gasteiger charge is 2.19. The van der Waals surface area contributed by atoms with Crippen LogP contribution in [-0.2, 0) is 14.8 Å². The molecule has 1 fully saturated rings. The molecule has 0 aliphatic carbocycles. The zero-order valence-electron chi connectivity index (χ0n) is 10.2. The van der Waals surface area contributed by atoms with E-state index in [4.69, 9.17) is 0 Å². The minimum absolute atomic E-state index is 0.0176. The summed E-state index contributed by atoms with van der Waals surface area (Å²) in [5.41, 5.74) is 0. The Morgan fingerprint density at radius 3 is 2.71 bits per heavy atom. The molecule has 0 radical (unpaired) electrons. The van der Waals surface area contributed by atoms with Crippen LogP contribution in [-0.4, -0.2) is 46.3 Å². The highest BCUT2D eigenvalue weighted by Crippen LogP contribution is 2.06. The summed E-state index contributed by atoms with van der Waals surface area (Å²) >= 11 is 0. The topological polar surface area (TPSA) is 87.3 Å². The van der Waals surface area contributed by atoms with Crippen molar-refractivity contribution in [2.45, 2.75) is 31.7 Å². The van der Waals surface area contributed by atoms with Gasteiger partial charge in [-0.25, -0.2) is 13.1 Å². The first-order chi connectivity index (χ1) is 7.99. The van der Waals surface area contributed by atoms with E-state index in [0.29, 0.717) is 19.5 Å². The molecule has 1 rings (SSSR count). The second-order valence-corrected chi connectivity index (χ2v) is 6.15. The van der Waals surface area contributed by atoms with Crippen molar-refractivity contribution in [3.05, 3.63) is 0 Å². The molecule has 1 atom stereocenters. The Labute approximate surface area is 103 Å². The fourth-order valence-corrected chi connectivity index (χ4v) is 2.27. The molecule has 0 spiro atoms. The predicted molar refractivity (Wildman–Crippen MR) is 66.1 cm³/mol. The van der Waals surface area contributed by atoms with Crippen molar-refractivity contribution in [2.24, 2.45) is 0 Å². The molecule has 100 valence electrons. The predicted octanol–water partition coefficient (Wildman–Crippen LogP) is -0.816. The van der Waals surface area contributed by atoms with Crippen molar-refractivity contribution in [3.63, 3.8) is 0 Å². The Morgan fingerprint density at radius 1 is 1.35 bits per heavy atom. The standard InChI is InChI=1S/C10H21N3O3S/c1-17(15,16)13-8-4-7-12-10(14)9-5-2-3-6-11-9/h9,11,13H,2-8H2,1H3,(H,12,14)/t9-/m0/s1. The summed E-state index contributed by atoms with van der Waals surface area (Å²) in [4.78, 5) is 11.6. The number of piperidine rings is 1. The van der Waals surface area contributed by atoms with E-state index in [1.165, 1.54) is 0 Å². The average molecular weight is 263 g/mol. The molecule has 1 saturated heterocycles. The molecule has 3 N–H and O–H groups in total. The first-order valence-electron chi connectivity index (χ1n) is 5.95. The third kappa shape index (κ3) is 6.60. The maximum absolute atomic E-state index is 11.6. The molecule has 1 heterocycles. The van der Waals surface area contributed by atoms with E-state index in [1.54, 1.807) is 0 Å². The van der Waals surface area contributed by atoms with Gasteiger partial charge in [-0.3, -0.25) is 4.79 Å². The van der Waals surface area contributed by atoms with E-state index in [2.05, 4.69) is 15.4 Å². The van der Waals surface area contributed by atoms with E-state index in [0.717, 1.165) is 32.1 Å². The van der Waals surface area contributed by atoms with Crippen LogP contribution in [0.5, 0.6) is 0 Å². The smallest absolute Gasteiger partial charge is 0.237 e. The van der Waals surface area contributed by atoms with Crippen LogP contribution in [0, 0.1) is 0 Å². The summed E-state index contributed by atoms with van der Waals surface area (Å²) in [6.45, 7) is 1.75. The van der Waals surface area contributed by atoms with Gasteiger partial charge in [-0.05, 0) is 25.8 Å². The van der Waals surface area contributed by atoms with Gasteiger partial charge < -0.3 is 10.6 Å². The lowest BCUT2D eigenvalue weighted by Crippen LogP contribution is -2.47. The van der Waals surface area contributed by atoms with Gasteiger partial charge in [0.15, 0.2) is 0 Å². The Morgan fingerprint density at radius 2 is 2.12 bits per heavy atom. The highest BCUT2D eigenvalue weighted by molar-refractivity contribution is 7.88. The lowest BCUT2D eigenvalue weighted by Gasteiger charge is -2.22. The maximum Gasteiger partial charge on any atom is 0.237 e. The van der Waals surface area contributed by atoms with Gasteiger partial charge in [0.2, 0.25) is 15.9 Å². The van der Waals surface area contributed by atoms with Crippen LogP contribution in [0.15, 0.2) is 0 Å². The van der Waals surface area contributed by atoms with E-state index >= 15 is 0 Å². The summed E-state index contributed by atoms with van der Waals surface area (Å²) in [6, 6.07) is -0.0772. The van der Waals surface area contributed by atoms with Gasteiger partial charge in [-0.2, -0.15) is 0 Å². The Hall–Kier alpha value is -0.660. The number of sulfonamides is 1. The van der Waals surface area contributed by atoms with Gasteiger partial charge in [0, 0.05) is 13.1 Å². The number of amides is 1. The van der Waals surface area contributed by atoms with E-state index in [9.17, 15) is 13.2 Å². The zero-order chi connectivity index (χ0) is 12.7. The maximum atomic E-state index is 11.6. The molecule has 0 saturated carbocycles. The molecule has 0 bridgehead atoms. The first kappa shape index (κ1) is 14.4. The number of carbonyl (C=O) groups is 1. The second-order valence-electron chi connectivity index (χ2n) is 4.31. The molecule has 1 aliphatic rings. The molecular formula is C10H21N3O3S. The number of hydrogen-bond acceptors (Lipinski definition) is 4. The van der Waals surface area contributed by atoms with Crippen LogP contribution in [0.1, 0.15) is 25.7 Å². The van der Waals surface area contributed by atoms with Crippen LogP contribution in [0.4, 0.5) is 0 Å². The summed E-state index contributed by atoms with van der Waals surface area (Å²) in [6.07, 6.45) is 4.82. The first-order valence-corrected chi connectivity index (χ1v) is 7.84. The van der Waals surface area contributed by atoms with Gasteiger partial charge in [0.05, 0.1) is 12.3 Å². The van der Waals surface area contributed by atoms with Crippen molar-refractivity contribution in [1.82, 2.24) is 15.4 Å². The number of rotatable bonds is 6. The van der Waals surface area contributed by atoms with Crippen LogP contribution in [0.3, 0.4) is 0 Å². The van der Waals surface area contributed by atoms with Gasteiger partial charge >= 0.3 is 0 Å². The normalized spacial score (nSPS) is 21.1. The molecular weight excluding hydrogens is 242 g/mol. The van der Waals surface area contributed by atoms with Gasteiger partial charge in [0.25, 0.3) is 0 Å². The monoisotopic (exact) mass is 263 g/mol. The third-order valence-corrected chi connectivity index (χ3v) is 3.37. The lowest BCUT2D eigenvalue weighted by atomic mass is 10.0. The molecule has 1 aliphatic heterocycles. The fourth-order valence-electron chi connectivity index (χ4n) is 1.76. The third-order valence-electron chi connectivity index (χ3n) is 2.64. The minimum atomic E-state index is -3.12. The SMILES string of the molecule is CS(=O)(=O)NCCCNC(=O)[C@@H]1CCCCN1. The molecule has 17 heavy (non-hydrogen) atoms. The van der Waals surface area contributed by atoms with Crippen LogP contribution in [0.2, 0.25) is 0 Å². The van der Waals surface area contributed by atoms with Crippen LogP contribution in [0.25, 0.3) is 0 Å². The van der Waals surface area contributed by atoms with Crippen molar-refractivity contribution in [1.29, 1.82) is 0 Å². The van der Waals surface area contributed by atoms with Crippen molar-refractivity contribution in [2.75, 3.05) is 25.9 Å². The van der Waals surface area contributed by atoms with E-state index in [-0.39, 0.29) is 11.9 Å². The molecule has 0 aromatic rings. The lowest BCUT2D eigenvalue weighted by molar-refractivity contribution is -0.123. The largest absolute Gasteiger partial charge is 0.355 e.